The molecular weight excluding hydrogens is 376 g/mol. The van der Waals surface area contributed by atoms with E-state index in [0.717, 1.165) is 37.7 Å². The fourth-order valence-electron chi connectivity index (χ4n) is 6.10. The van der Waals surface area contributed by atoms with Crippen molar-refractivity contribution in [3.63, 3.8) is 0 Å². The molecule has 1 aromatic carbocycles. The van der Waals surface area contributed by atoms with Crippen LogP contribution < -0.4 is 14.1 Å². The van der Waals surface area contributed by atoms with Gasteiger partial charge in [0.25, 0.3) is 0 Å². The smallest absolute Gasteiger partial charge is 0.380 e. The first-order chi connectivity index (χ1) is 13.3. The molecule has 152 valence electrons. The van der Waals surface area contributed by atoms with Crippen LogP contribution in [0, 0.1) is 17.3 Å². The lowest BCUT2D eigenvalue weighted by molar-refractivity contribution is 0.0812. The Kier molecular flexibility index (Phi) is 4.78. The molecule has 0 aromatic heterocycles. The molecular formula is C21H28N2O4S. The molecule has 0 saturated heterocycles. The zero-order valence-electron chi connectivity index (χ0n) is 16.5. The summed E-state index contributed by atoms with van der Waals surface area (Å²) in [6, 6.07) is 3.76. The van der Waals surface area contributed by atoms with Crippen molar-refractivity contribution in [3.05, 3.63) is 35.0 Å². The average Bonchev–Trinajstić information content (AvgIpc) is 2.96. The summed E-state index contributed by atoms with van der Waals surface area (Å²) in [5.74, 6) is 2.33. The lowest BCUT2D eigenvalue weighted by Gasteiger charge is -2.49. The molecule has 0 aliphatic heterocycles. The maximum absolute atomic E-state index is 11.4. The van der Waals surface area contributed by atoms with Crippen molar-refractivity contribution in [2.75, 3.05) is 7.11 Å². The van der Waals surface area contributed by atoms with Gasteiger partial charge in [-0.05, 0) is 97.2 Å². The Bertz CT molecular complexity index is 940. The molecule has 7 heteroatoms. The van der Waals surface area contributed by atoms with Gasteiger partial charge in [-0.2, -0.15) is 13.6 Å². The number of aliphatic imine (C=N–C) groups is 1. The van der Waals surface area contributed by atoms with E-state index in [9.17, 15) is 8.42 Å². The average molecular weight is 405 g/mol. The largest absolute Gasteiger partial charge is 0.493 e. The quantitative estimate of drug-likeness (QED) is 0.774. The summed E-state index contributed by atoms with van der Waals surface area (Å²) in [4.78, 5) is 4.05. The van der Waals surface area contributed by atoms with Gasteiger partial charge in [0.2, 0.25) is 0 Å². The number of hydrogen-bond donors (Lipinski definition) is 1. The first kappa shape index (κ1) is 19.5. The van der Waals surface area contributed by atoms with Crippen LogP contribution in [0.15, 0.2) is 28.9 Å². The van der Waals surface area contributed by atoms with E-state index in [1.807, 2.05) is 12.3 Å². The van der Waals surface area contributed by atoms with Gasteiger partial charge in [0.1, 0.15) is 0 Å². The third kappa shape index (κ3) is 3.14. The molecule has 4 atom stereocenters. The second-order valence-corrected chi connectivity index (χ2v) is 9.68. The number of allylic oxidation sites excluding steroid dienone is 1. The van der Waals surface area contributed by atoms with E-state index in [0.29, 0.717) is 23.5 Å². The Hall–Kier alpha value is -1.86. The first-order valence-electron chi connectivity index (χ1n) is 9.85. The first-order valence-corrected chi connectivity index (χ1v) is 11.3. The number of hydrogen-bond acceptors (Lipinski definition) is 5. The van der Waals surface area contributed by atoms with Crippen molar-refractivity contribution < 1.29 is 17.3 Å². The molecule has 3 aliphatic rings. The highest BCUT2D eigenvalue weighted by molar-refractivity contribution is 7.84. The number of aryl methyl sites for hydroxylation is 1. The van der Waals surface area contributed by atoms with Crippen LogP contribution in [-0.4, -0.2) is 22.2 Å². The van der Waals surface area contributed by atoms with E-state index in [-0.39, 0.29) is 11.2 Å². The third-order valence-corrected chi connectivity index (χ3v) is 7.72. The van der Waals surface area contributed by atoms with Crippen LogP contribution in [0.2, 0.25) is 0 Å². The van der Waals surface area contributed by atoms with E-state index >= 15 is 0 Å². The predicted molar refractivity (Wildman–Crippen MR) is 109 cm³/mol. The number of nitrogens with two attached hydrogens (primary N) is 1. The second-order valence-electron chi connectivity index (χ2n) is 8.53. The van der Waals surface area contributed by atoms with E-state index in [1.165, 1.54) is 24.7 Å². The molecule has 0 heterocycles. The molecule has 28 heavy (non-hydrogen) atoms. The SMILES string of the molecule is C=NC=C1CCC2C3CCc4cc(OS(N)(=O)=O)c(OC)cc4C3CCC12C. The maximum atomic E-state index is 11.4. The molecule has 6 nitrogen and oxygen atoms in total. The Labute approximate surface area is 167 Å². The Morgan fingerprint density at radius 2 is 2.04 bits per heavy atom. The van der Waals surface area contributed by atoms with Gasteiger partial charge in [-0.25, -0.2) is 0 Å². The fourth-order valence-corrected chi connectivity index (χ4v) is 6.48. The number of methoxy groups -OCH3 is 1. The van der Waals surface area contributed by atoms with E-state index in [4.69, 9.17) is 14.1 Å². The minimum Gasteiger partial charge on any atom is -0.493 e. The van der Waals surface area contributed by atoms with Crippen molar-refractivity contribution in [2.24, 2.45) is 27.4 Å². The number of rotatable bonds is 4. The van der Waals surface area contributed by atoms with Gasteiger partial charge in [-0.15, -0.1) is 0 Å². The Morgan fingerprint density at radius 1 is 1.25 bits per heavy atom. The molecule has 0 bridgehead atoms. The van der Waals surface area contributed by atoms with Crippen LogP contribution >= 0.6 is 0 Å². The van der Waals surface area contributed by atoms with Crippen molar-refractivity contribution in [1.82, 2.24) is 0 Å². The summed E-state index contributed by atoms with van der Waals surface area (Å²) in [6.07, 6.45) is 8.56. The highest BCUT2D eigenvalue weighted by Gasteiger charge is 2.52. The molecule has 2 N–H and O–H groups in total. The molecule has 3 aliphatic carbocycles. The van der Waals surface area contributed by atoms with Crippen molar-refractivity contribution >= 4 is 17.0 Å². The van der Waals surface area contributed by atoms with Crippen LogP contribution in [0.1, 0.15) is 56.1 Å². The molecule has 2 saturated carbocycles. The van der Waals surface area contributed by atoms with Crippen molar-refractivity contribution in [1.29, 1.82) is 0 Å². The van der Waals surface area contributed by atoms with Gasteiger partial charge >= 0.3 is 10.3 Å². The number of fused-ring (bicyclic) bond motifs is 5. The van der Waals surface area contributed by atoms with Crippen LogP contribution in [0.3, 0.4) is 0 Å². The molecule has 4 unspecified atom stereocenters. The summed E-state index contributed by atoms with van der Waals surface area (Å²) in [6.45, 7) is 6.05. The van der Waals surface area contributed by atoms with E-state index < -0.39 is 10.3 Å². The van der Waals surface area contributed by atoms with Gasteiger partial charge < -0.3 is 8.92 Å². The zero-order valence-corrected chi connectivity index (χ0v) is 17.3. The van der Waals surface area contributed by atoms with E-state index in [1.54, 1.807) is 6.07 Å². The summed E-state index contributed by atoms with van der Waals surface area (Å²) >= 11 is 0. The molecule has 2 fully saturated rings. The van der Waals surface area contributed by atoms with Gasteiger partial charge in [0.05, 0.1) is 7.11 Å². The number of nitrogens with zero attached hydrogens (tertiary/aromatic N) is 1. The fraction of sp³-hybridized carbons (Fsp3) is 0.571. The highest BCUT2D eigenvalue weighted by atomic mass is 32.2. The number of ether oxygens (including phenoxy) is 1. The van der Waals surface area contributed by atoms with Crippen LogP contribution in [0.25, 0.3) is 0 Å². The lowest BCUT2D eigenvalue weighted by Crippen LogP contribution is -2.40. The Morgan fingerprint density at radius 3 is 2.71 bits per heavy atom. The molecule has 0 amide bonds. The highest BCUT2D eigenvalue weighted by Crippen LogP contribution is 2.63. The van der Waals surface area contributed by atoms with Crippen LogP contribution in [0.5, 0.6) is 11.5 Å². The van der Waals surface area contributed by atoms with Gasteiger partial charge in [-0.1, -0.05) is 6.92 Å². The molecule has 0 spiro atoms. The van der Waals surface area contributed by atoms with Gasteiger partial charge in [0.15, 0.2) is 11.5 Å². The monoisotopic (exact) mass is 404 g/mol. The summed E-state index contributed by atoms with van der Waals surface area (Å²) < 4.78 is 33.2. The predicted octanol–water partition coefficient (Wildman–Crippen LogP) is 3.72. The summed E-state index contributed by atoms with van der Waals surface area (Å²) in [7, 11) is -2.57. The standard InChI is InChI=1S/C21H28N2O4S/c1-21-9-8-15-16(18(21)7-5-14(21)12-23-2)6-4-13-10-20(27-28(22,24)25)19(26-3)11-17(13)15/h10-12,15-16,18H,2,4-9H2,1,3H3,(H2,22,24,25). The van der Waals surface area contributed by atoms with Crippen molar-refractivity contribution in [2.45, 2.75) is 51.4 Å². The van der Waals surface area contributed by atoms with Crippen LogP contribution in [0.4, 0.5) is 0 Å². The normalized spacial score (nSPS) is 33.0. The third-order valence-electron chi connectivity index (χ3n) is 7.31. The molecule has 1 aromatic rings. The van der Waals surface area contributed by atoms with E-state index in [2.05, 4.69) is 18.6 Å². The topological polar surface area (TPSA) is 91.0 Å². The maximum Gasteiger partial charge on any atom is 0.380 e. The molecule has 4 rings (SSSR count). The van der Waals surface area contributed by atoms with Crippen LogP contribution in [-0.2, 0) is 16.7 Å². The minimum absolute atomic E-state index is 0.172. The second kappa shape index (κ2) is 6.88. The van der Waals surface area contributed by atoms with Gasteiger partial charge in [0, 0.05) is 6.20 Å². The van der Waals surface area contributed by atoms with Gasteiger partial charge in [-0.3, -0.25) is 4.99 Å². The molecule has 0 radical (unpaired) electrons. The summed E-state index contributed by atoms with van der Waals surface area (Å²) in [5.41, 5.74) is 4.09. The van der Waals surface area contributed by atoms with Crippen molar-refractivity contribution in [3.8, 4) is 11.5 Å². The Balaban J connectivity index is 1.70. The summed E-state index contributed by atoms with van der Waals surface area (Å²) in [5, 5.41) is 5.06. The number of benzene rings is 1. The lowest BCUT2D eigenvalue weighted by atomic mass is 9.55. The minimum atomic E-state index is -4.09. The zero-order chi connectivity index (χ0) is 20.1.